The highest BCUT2D eigenvalue weighted by atomic mass is 35.5. The second-order valence-electron chi connectivity index (χ2n) is 6.56. The zero-order valence-corrected chi connectivity index (χ0v) is 17.0. The molecule has 0 bridgehead atoms. The van der Waals surface area contributed by atoms with Gasteiger partial charge in [-0.2, -0.15) is 4.31 Å². The van der Waals surface area contributed by atoms with Crippen LogP contribution in [0.1, 0.15) is 23.2 Å². The molecule has 1 N–H and O–H groups in total. The molecule has 3 rings (SSSR count). The number of hydrogen-bond donors (Lipinski definition) is 1. The van der Waals surface area contributed by atoms with Gasteiger partial charge >= 0.3 is 5.97 Å². The van der Waals surface area contributed by atoms with E-state index >= 15 is 0 Å². The van der Waals surface area contributed by atoms with Crippen LogP contribution in [-0.4, -0.2) is 75.4 Å². The summed E-state index contributed by atoms with van der Waals surface area (Å²) in [5, 5.41) is 2.99. The topological polar surface area (TPSA) is 96.0 Å². The third-order valence-corrected chi connectivity index (χ3v) is 6.80. The fourth-order valence-electron chi connectivity index (χ4n) is 3.53. The standard InChI is InChI=1S/C17H22FN3O5S.ClH/c1-26-17(23)14-5-4-12(18)9-15(14)27(24,25)20-7-2-3-13(11-20)21-8-6-19-10-16(21)22;/h4-5,9,13,19H,2-3,6-8,10-11H2,1H3;1H. The van der Waals surface area contributed by atoms with Gasteiger partial charge in [0.15, 0.2) is 0 Å². The second kappa shape index (κ2) is 9.17. The van der Waals surface area contributed by atoms with E-state index in [1.807, 2.05) is 0 Å². The summed E-state index contributed by atoms with van der Waals surface area (Å²) in [7, 11) is -2.99. The number of ether oxygens (including phenoxy) is 1. The number of halogens is 2. The lowest BCUT2D eigenvalue weighted by Crippen LogP contribution is -2.57. The van der Waals surface area contributed by atoms with Crippen LogP contribution in [0, 0.1) is 5.82 Å². The zero-order valence-electron chi connectivity index (χ0n) is 15.4. The normalized spacial score (nSPS) is 21.1. The summed E-state index contributed by atoms with van der Waals surface area (Å²) < 4.78 is 45.8. The number of piperazine rings is 1. The molecule has 2 aliphatic rings. The number of benzene rings is 1. The summed E-state index contributed by atoms with van der Waals surface area (Å²) in [5.41, 5.74) is -0.209. The first kappa shape index (κ1) is 22.5. The third-order valence-electron chi connectivity index (χ3n) is 4.89. The first-order valence-electron chi connectivity index (χ1n) is 8.73. The fourth-order valence-corrected chi connectivity index (χ4v) is 5.23. The molecule has 0 spiro atoms. The van der Waals surface area contributed by atoms with Crippen molar-refractivity contribution in [2.24, 2.45) is 0 Å². The number of hydrogen-bond acceptors (Lipinski definition) is 6. The van der Waals surface area contributed by atoms with Crippen molar-refractivity contribution in [3.63, 3.8) is 0 Å². The smallest absolute Gasteiger partial charge is 0.339 e. The van der Waals surface area contributed by atoms with E-state index in [1.54, 1.807) is 4.90 Å². The lowest BCUT2D eigenvalue weighted by atomic mass is 10.1. The Morgan fingerprint density at radius 3 is 2.75 bits per heavy atom. The van der Waals surface area contributed by atoms with E-state index in [-0.39, 0.29) is 49.6 Å². The van der Waals surface area contributed by atoms with Crippen LogP contribution in [0.15, 0.2) is 23.1 Å². The van der Waals surface area contributed by atoms with Gasteiger partial charge in [-0.3, -0.25) is 4.79 Å². The summed E-state index contributed by atoms with van der Waals surface area (Å²) >= 11 is 0. The molecule has 2 heterocycles. The summed E-state index contributed by atoms with van der Waals surface area (Å²) in [5.74, 6) is -1.67. The number of esters is 1. The lowest BCUT2D eigenvalue weighted by Gasteiger charge is -2.40. The van der Waals surface area contributed by atoms with Crippen molar-refractivity contribution >= 4 is 34.3 Å². The van der Waals surface area contributed by atoms with E-state index in [9.17, 15) is 22.4 Å². The molecule has 0 aliphatic carbocycles. The number of piperidine rings is 1. The van der Waals surface area contributed by atoms with Crippen molar-refractivity contribution in [1.82, 2.24) is 14.5 Å². The molecule has 2 fully saturated rings. The average Bonchev–Trinajstić information content (AvgIpc) is 2.67. The molecule has 1 atom stereocenters. The number of sulfonamides is 1. The van der Waals surface area contributed by atoms with E-state index in [0.29, 0.717) is 25.9 Å². The molecule has 1 aromatic rings. The second-order valence-corrected chi connectivity index (χ2v) is 8.46. The monoisotopic (exact) mass is 435 g/mol. The van der Waals surface area contributed by atoms with Gasteiger partial charge < -0.3 is 15.0 Å². The Labute approximate surface area is 169 Å². The molecule has 1 amide bonds. The van der Waals surface area contributed by atoms with Gasteiger partial charge in [0.2, 0.25) is 15.9 Å². The van der Waals surface area contributed by atoms with E-state index in [4.69, 9.17) is 0 Å². The Morgan fingerprint density at radius 1 is 1.32 bits per heavy atom. The predicted molar refractivity (Wildman–Crippen MR) is 101 cm³/mol. The number of amides is 1. The highest BCUT2D eigenvalue weighted by Gasteiger charge is 2.37. The Morgan fingerprint density at radius 2 is 2.07 bits per heavy atom. The highest BCUT2D eigenvalue weighted by molar-refractivity contribution is 7.89. The number of carbonyl (C=O) groups excluding carboxylic acids is 2. The molecule has 2 saturated heterocycles. The van der Waals surface area contributed by atoms with E-state index in [1.165, 1.54) is 4.31 Å². The van der Waals surface area contributed by atoms with Crippen molar-refractivity contribution in [1.29, 1.82) is 0 Å². The van der Waals surface area contributed by atoms with Gasteiger partial charge in [-0.1, -0.05) is 0 Å². The maximum Gasteiger partial charge on any atom is 0.339 e. The molecular weight excluding hydrogens is 413 g/mol. The van der Waals surface area contributed by atoms with Gasteiger partial charge in [0, 0.05) is 32.2 Å². The fraction of sp³-hybridized carbons (Fsp3) is 0.529. The van der Waals surface area contributed by atoms with Crippen molar-refractivity contribution in [2.45, 2.75) is 23.8 Å². The molecule has 28 heavy (non-hydrogen) atoms. The van der Waals surface area contributed by atoms with Gasteiger partial charge in [-0.15, -0.1) is 12.4 Å². The van der Waals surface area contributed by atoms with Crippen LogP contribution in [-0.2, 0) is 19.6 Å². The molecule has 0 saturated carbocycles. The molecule has 0 aromatic heterocycles. The number of nitrogens with one attached hydrogen (secondary N) is 1. The zero-order chi connectivity index (χ0) is 19.6. The van der Waals surface area contributed by atoms with Gasteiger partial charge in [-0.25, -0.2) is 17.6 Å². The first-order valence-corrected chi connectivity index (χ1v) is 10.2. The summed E-state index contributed by atoms with van der Waals surface area (Å²) in [4.78, 5) is 25.4. The van der Waals surface area contributed by atoms with Crippen molar-refractivity contribution < 1.29 is 27.1 Å². The third kappa shape index (κ3) is 4.45. The molecule has 2 aliphatic heterocycles. The van der Waals surface area contributed by atoms with Crippen LogP contribution >= 0.6 is 12.4 Å². The predicted octanol–water partition coefficient (Wildman–Crippen LogP) is 0.619. The maximum atomic E-state index is 13.7. The molecule has 11 heteroatoms. The first-order chi connectivity index (χ1) is 12.8. The Bertz CT molecular complexity index is 851. The lowest BCUT2D eigenvalue weighted by molar-refractivity contribution is -0.135. The molecule has 0 radical (unpaired) electrons. The van der Waals surface area contributed by atoms with Crippen molar-refractivity contribution in [3.05, 3.63) is 29.6 Å². The van der Waals surface area contributed by atoms with Crippen LogP contribution in [0.2, 0.25) is 0 Å². The van der Waals surface area contributed by atoms with Crippen LogP contribution in [0.25, 0.3) is 0 Å². The van der Waals surface area contributed by atoms with E-state index < -0.39 is 26.7 Å². The van der Waals surface area contributed by atoms with Gasteiger partial charge in [0.25, 0.3) is 0 Å². The number of rotatable bonds is 4. The van der Waals surface area contributed by atoms with Crippen molar-refractivity contribution in [3.8, 4) is 0 Å². The highest BCUT2D eigenvalue weighted by Crippen LogP contribution is 2.27. The molecule has 8 nitrogen and oxygen atoms in total. The van der Waals surface area contributed by atoms with Crippen LogP contribution in [0.5, 0.6) is 0 Å². The van der Waals surface area contributed by atoms with Crippen LogP contribution in [0.4, 0.5) is 4.39 Å². The molecule has 1 aromatic carbocycles. The Hall–Kier alpha value is -1.75. The van der Waals surface area contributed by atoms with Gasteiger partial charge in [0.1, 0.15) is 5.82 Å². The van der Waals surface area contributed by atoms with Crippen molar-refractivity contribution in [2.75, 3.05) is 39.8 Å². The van der Waals surface area contributed by atoms with Crippen LogP contribution in [0.3, 0.4) is 0 Å². The summed E-state index contributed by atoms with van der Waals surface area (Å²) in [6.07, 6.45) is 1.27. The quantitative estimate of drug-likeness (QED) is 0.696. The summed E-state index contributed by atoms with van der Waals surface area (Å²) in [6.45, 7) is 1.78. The minimum atomic E-state index is -4.12. The number of methoxy groups -OCH3 is 1. The van der Waals surface area contributed by atoms with E-state index in [2.05, 4.69) is 10.1 Å². The van der Waals surface area contributed by atoms with Gasteiger partial charge in [-0.05, 0) is 31.0 Å². The van der Waals surface area contributed by atoms with Crippen LogP contribution < -0.4 is 5.32 Å². The number of carbonyl (C=O) groups is 2. The Kier molecular flexibility index (Phi) is 7.38. The minimum Gasteiger partial charge on any atom is -0.465 e. The molecule has 156 valence electrons. The summed E-state index contributed by atoms with van der Waals surface area (Å²) in [6, 6.07) is 2.72. The SMILES string of the molecule is COC(=O)c1ccc(F)cc1S(=O)(=O)N1CCCC(N2CCNCC2=O)C1.Cl. The maximum absolute atomic E-state index is 13.7. The minimum absolute atomic E-state index is 0. The van der Waals surface area contributed by atoms with E-state index in [0.717, 1.165) is 25.3 Å². The molecule has 1 unspecified atom stereocenters. The number of nitrogens with zero attached hydrogens (tertiary/aromatic N) is 2. The van der Waals surface area contributed by atoms with Gasteiger partial charge in [0.05, 0.1) is 24.1 Å². The average molecular weight is 436 g/mol. The Balaban J connectivity index is 0.00000280. The largest absolute Gasteiger partial charge is 0.465 e. The molecular formula is C17H23ClFN3O5S.